The van der Waals surface area contributed by atoms with Crippen molar-refractivity contribution in [3.63, 3.8) is 0 Å². The Morgan fingerprint density at radius 3 is 2.44 bits per heavy atom. The van der Waals surface area contributed by atoms with Gasteiger partial charge in [-0.3, -0.25) is 0 Å². The first kappa shape index (κ1) is 17.0. The van der Waals surface area contributed by atoms with Crippen molar-refractivity contribution in [1.82, 2.24) is 0 Å². The number of ether oxygens (including phenoxy) is 2. The summed E-state index contributed by atoms with van der Waals surface area (Å²) in [5.41, 5.74) is 4.66. The van der Waals surface area contributed by atoms with Crippen molar-refractivity contribution in [2.75, 3.05) is 7.11 Å². The van der Waals surface area contributed by atoms with Gasteiger partial charge in [0.15, 0.2) is 0 Å². The second-order valence-electron chi connectivity index (χ2n) is 6.50. The smallest absolute Gasteiger partial charge is 0.343 e. The van der Waals surface area contributed by atoms with E-state index in [1.807, 2.05) is 43.3 Å². The predicted molar refractivity (Wildman–Crippen MR) is 100 cm³/mol. The van der Waals surface area contributed by atoms with Gasteiger partial charge in [0, 0.05) is 5.56 Å². The van der Waals surface area contributed by atoms with Crippen LogP contribution in [0.3, 0.4) is 0 Å². The molecular weight excluding hydrogens is 312 g/mol. The summed E-state index contributed by atoms with van der Waals surface area (Å²) in [6.07, 6.45) is 3.61. The van der Waals surface area contributed by atoms with Gasteiger partial charge in [-0.1, -0.05) is 50.2 Å². The molecule has 1 heterocycles. The summed E-state index contributed by atoms with van der Waals surface area (Å²) in [6, 6.07) is 14.0. The molecule has 0 amide bonds. The molecule has 0 saturated heterocycles. The highest BCUT2D eigenvalue weighted by Gasteiger charge is 2.22. The van der Waals surface area contributed by atoms with Crippen molar-refractivity contribution >= 4 is 17.8 Å². The summed E-state index contributed by atoms with van der Waals surface area (Å²) in [5, 5.41) is 0. The molecule has 0 unspecified atom stereocenters. The molecule has 1 aliphatic heterocycles. The van der Waals surface area contributed by atoms with Crippen molar-refractivity contribution in [1.29, 1.82) is 0 Å². The molecule has 0 N–H and O–H groups in total. The topological polar surface area (TPSA) is 35.5 Å². The van der Waals surface area contributed by atoms with E-state index >= 15 is 0 Å². The minimum absolute atomic E-state index is 0.331. The van der Waals surface area contributed by atoms with Crippen LogP contribution >= 0.6 is 0 Å². The predicted octanol–water partition coefficient (Wildman–Crippen LogP) is 5.11. The molecule has 0 aromatic heterocycles. The molecule has 0 radical (unpaired) electrons. The molecule has 1 aliphatic rings. The highest BCUT2D eigenvalue weighted by Crippen LogP contribution is 2.29. The van der Waals surface area contributed by atoms with E-state index < -0.39 is 0 Å². The van der Waals surface area contributed by atoms with Crippen LogP contribution in [0.25, 0.3) is 11.8 Å². The Balaban J connectivity index is 1.89. The fraction of sp³-hybridized carbons (Fsp3) is 0.227. The van der Waals surface area contributed by atoms with Crippen molar-refractivity contribution in [2.45, 2.75) is 26.7 Å². The van der Waals surface area contributed by atoms with Crippen molar-refractivity contribution in [3.05, 3.63) is 76.4 Å². The van der Waals surface area contributed by atoms with E-state index in [1.54, 1.807) is 13.2 Å². The van der Waals surface area contributed by atoms with Crippen LogP contribution in [0.2, 0.25) is 0 Å². The Morgan fingerprint density at radius 1 is 1.08 bits per heavy atom. The zero-order valence-corrected chi connectivity index (χ0v) is 15.0. The Morgan fingerprint density at radius 2 is 1.80 bits per heavy atom. The van der Waals surface area contributed by atoms with Crippen molar-refractivity contribution < 1.29 is 14.3 Å². The maximum atomic E-state index is 12.2. The van der Waals surface area contributed by atoms with E-state index in [4.69, 9.17) is 9.47 Å². The van der Waals surface area contributed by atoms with Gasteiger partial charge in [-0.05, 0) is 47.8 Å². The quantitative estimate of drug-likeness (QED) is 0.576. The number of hydrogen-bond acceptors (Lipinski definition) is 3. The number of carbonyl (C=O) groups excluding carboxylic acids is 1. The molecule has 2 aromatic rings. The molecule has 3 nitrogen and oxygen atoms in total. The lowest BCUT2D eigenvalue weighted by Crippen LogP contribution is -1.97. The highest BCUT2D eigenvalue weighted by molar-refractivity contribution is 6.05. The number of rotatable bonds is 4. The van der Waals surface area contributed by atoms with Gasteiger partial charge in [-0.2, -0.15) is 0 Å². The van der Waals surface area contributed by atoms with E-state index in [-0.39, 0.29) is 5.97 Å². The molecular formula is C22H22O3. The Kier molecular flexibility index (Phi) is 4.75. The average Bonchev–Trinajstić information content (AvgIpc) is 2.97. The molecule has 0 spiro atoms. The van der Waals surface area contributed by atoms with Crippen LogP contribution < -0.4 is 4.74 Å². The first-order valence-electron chi connectivity index (χ1n) is 8.38. The number of cyclic esters (lactones) is 1. The van der Waals surface area contributed by atoms with Crippen LogP contribution in [0.15, 0.2) is 54.1 Å². The third-order valence-corrected chi connectivity index (χ3v) is 4.34. The number of benzene rings is 2. The lowest BCUT2D eigenvalue weighted by Gasteiger charge is -2.06. The summed E-state index contributed by atoms with van der Waals surface area (Å²) in [4.78, 5) is 12.2. The molecule has 3 rings (SSSR count). The van der Waals surface area contributed by atoms with E-state index in [1.165, 1.54) is 5.56 Å². The van der Waals surface area contributed by atoms with Crippen LogP contribution in [0.1, 0.15) is 42.0 Å². The lowest BCUT2D eigenvalue weighted by atomic mass is 10.0. The summed E-state index contributed by atoms with van der Waals surface area (Å²) >= 11 is 0. The van der Waals surface area contributed by atoms with Crippen molar-refractivity contribution in [2.24, 2.45) is 0 Å². The van der Waals surface area contributed by atoms with E-state index in [2.05, 4.69) is 26.0 Å². The lowest BCUT2D eigenvalue weighted by molar-refractivity contribution is -0.130. The third-order valence-electron chi connectivity index (χ3n) is 4.34. The fourth-order valence-electron chi connectivity index (χ4n) is 2.77. The molecule has 25 heavy (non-hydrogen) atoms. The standard InChI is InChI=1S/C22H22O3/c1-14(2)17-7-9-18(10-8-17)21-13-19(22(23)25-21)11-16-6-5-15(3)20(12-16)24-4/h5-14H,1-4H3/b19-11-. The summed E-state index contributed by atoms with van der Waals surface area (Å²) in [6.45, 7) is 6.29. The minimum atomic E-state index is -0.331. The SMILES string of the molecule is COc1cc(/C=C2/C=C(c3ccc(C(C)C)cc3)OC2=O)ccc1C. The number of carbonyl (C=O) groups is 1. The van der Waals surface area contributed by atoms with Gasteiger partial charge in [0.1, 0.15) is 11.5 Å². The fourth-order valence-corrected chi connectivity index (χ4v) is 2.77. The molecule has 2 aromatic carbocycles. The van der Waals surface area contributed by atoms with Crippen LogP contribution in [0.5, 0.6) is 5.75 Å². The number of esters is 1. The van der Waals surface area contributed by atoms with Crippen LogP contribution in [0, 0.1) is 6.92 Å². The first-order valence-corrected chi connectivity index (χ1v) is 8.38. The Hall–Kier alpha value is -2.81. The van der Waals surface area contributed by atoms with E-state index in [0.29, 0.717) is 17.3 Å². The van der Waals surface area contributed by atoms with Gasteiger partial charge >= 0.3 is 5.97 Å². The zero-order chi connectivity index (χ0) is 18.0. The zero-order valence-electron chi connectivity index (χ0n) is 15.0. The van der Waals surface area contributed by atoms with Crippen LogP contribution in [0.4, 0.5) is 0 Å². The molecule has 0 bridgehead atoms. The maximum Gasteiger partial charge on any atom is 0.343 e. The first-order chi connectivity index (χ1) is 12.0. The normalized spacial score (nSPS) is 15.5. The van der Waals surface area contributed by atoms with Gasteiger partial charge in [0.2, 0.25) is 0 Å². The monoisotopic (exact) mass is 334 g/mol. The number of aryl methyl sites for hydroxylation is 1. The molecule has 0 aliphatic carbocycles. The molecule has 0 saturated carbocycles. The largest absolute Gasteiger partial charge is 0.496 e. The third kappa shape index (κ3) is 3.66. The maximum absolute atomic E-state index is 12.2. The van der Waals surface area contributed by atoms with Crippen LogP contribution in [-0.4, -0.2) is 13.1 Å². The summed E-state index contributed by atoms with van der Waals surface area (Å²) in [7, 11) is 1.64. The van der Waals surface area contributed by atoms with Crippen LogP contribution in [-0.2, 0) is 9.53 Å². The van der Waals surface area contributed by atoms with Crippen molar-refractivity contribution in [3.8, 4) is 5.75 Å². The molecule has 3 heteroatoms. The Labute approximate surface area is 148 Å². The average molecular weight is 334 g/mol. The van der Waals surface area contributed by atoms with E-state index in [9.17, 15) is 4.79 Å². The van der Waals surface area contributed by atoms with Gasteiger partial charge in [-0.25, -0.2) is 4.79 Å². The van der Waals surface area contributed by atoms with Gasteiger partial charge in [0.25, 0.3) is 0 Å². The van der Waals surface area contributed by atoms with Gasteiger partial charge in [-0.15, -0.1) is 0 Å². The van der Waals surface area contributed by atoms with Gasteiger partial charge in [0.05, 0.1) is 12.7 Å². The second kappa shape index (κ2) is 6.98. The Bertz CT molecular complexity index is 855. The molecule has 0 fully saturated rings. The van der Waals surface area contributed by atoms with Gasteiger partial charge < -0.3 is 9.47 Å². The minimum Gasteiger partial charge on any atom is -0.496 e. The summed E-state index contributed by atoms with van der Waals surface area (Å²) in [5.74, 6) is 1.53. The number of hydrogen-bond donors (Lipinski definition) is 0. The molecule has 0 atom stereocenters. The number of methoxy groups -OCH3 is 1. The molecule has 128 valence electrons. The van der Waals surface area contributed by atoms with E-state index in [0.717, 1.165) is 22.4 Å². The second-order valence-corrected chi connectivity index (χ2v) is 6.50. The summed E-state index contributed by atoms with van der Waals surface area (Å²) < 4.78 is 10.8. The highest BCUT2D eigenvalue weighted by atomic mass is 16.5.